The monoisotopic (exact) mass is 314 g/mol. The number of amides is 1. The normalized spacial score (nSPS) is 11.0. The number of hydrogen-bond donors (Lipinski definition) is 1. The average Bonchev–Trinajstić information content (AvgIpc) is 2.53. The fraction of sp³-hybridized carbons (Fsp3) is 0.333. The lowest BCUT2D eigenvalue weighted by molar-refractivity contribution is 0.102. The second-order valence-electron chi connectivity index (χ2n) is 6.17. The molecule has 2 aromatic rings. The van der Waals surface area contributed by atoms with Crippen LogP contribution in [0.15, 0.2) is 36.5 Å². The standard InChI is InChI=1S/C18H22N2O3/c1-18(2,3)15-11-12(9-10-19-15)20-17(21)16-13(22-4)7-6-8-14(16)23-5/h6-11H,1-5H3,(H,19,20,21). The molecule has 2 rings (SSSR count). The van der Waals surface area contributed by atoms with E-state index >= 15 is 0 Å². The smallest absolute Gasteiger partial charge is 0.263 e. The van der Waals surface area contributed by atoms with Crippen LogP contribution in [0.1, 0.15) is 36.8 Å². The molecular formula is C18H22N2O3. The minimum atomic E-state index is -0.287. The van der Waals surface area contributed by atoms with Crippen molar-refractivity contribution in [3.63, 3.8) is 0 Å². The van der Waals surface area contributed by atoms with Crippen LogP contribution in [-0.4, -0.2) is 25.1 Å². The number of nitrogens with one attached hydrogen (secondary N) is 1. The van der Waals surface area contributed by atoms with Gasteiger partial charge < -0.3 is 14.8 Å². The number of methoxy groups -OCH3 is 2. The Labute approximate surface area is 136 Å². The second-order valence-corrected chi connectivity index (χ2v) is 6.17. The Balaban J connectivity index is 2.33. The Morgan fingerprint density at radius 1 is 1.09 bits per heavy atom. The first kappa shape index (κ1) is 16.8. The van der Waals surface area contributed by atoms with Crippen LogP contribution >= 0.6 is 0 Å². The summed E-state index contributed by atoms with van der Waals surface area (Å²) >= 11 is 0. The van der Waals surface area contributed by atoms with Crippen molar-refractivity contribution in [3.05, 3.63) is 47.8 Å². The second kappa shape index (κ2) is 6.69. The molecule has 23 heavy (non-hydrogen) atoms. The number of hydrogen-bond acceptors (Lipinski definition) is 4. The number of pyridine rings is 1. The van der Waals surface area contributed by atoms with Gasteiger partial charge in [0.1, 0.15) is 17.1 Å². The van der Waals surface area contributed by atoms with Gasteiger partial charge in [0, 0.05) is 23.0 Å². The van der Waals surface area contributed by atoms with Crippen molar-refractivity contribution in [2.24, 2.45) is 0 Å². The van der Waals surface area contributed by atoms with Crippen molar-refractivity contribution in [1.82, 2.24) is 4.98 Å². The van der Waals surface area contributed by atoms with E-state index in [4.69, 9.17) is 9.47 Å². The SMILES string of the molecule is COc1cccc(OC)c1C(=O)Nc1ccnc(C(C)(C)C)c1. The first-order valence-electron chi connectivity index (χ1n) is 7.35. The number of aromatic nitrogens is 1. The molecule has 1 amide bonds. The van der Waals surface area contributed by atoms with Crippen molar-refractivity contribution in [1.29, 1.82) is 0 Å². The van der Waals surface area contributed by atoms with E-state index in [1.54, 1.807) is 30.5 Å². The third-order valence-electron chi connectivity index (χ3n) is 3.44. The molecule has 0 atom stereocenters. The lowest BCUT2D eigenvalue weighted by Gasteiger charge is -2.18. The van der Waals surface area contributed by atoms with E-state index in [1.807, 2.05) is 6.07 Å². The first-order chi connectivity index (χ1) is 10.9. The van der Waals surface area contributed by atoms with E-state index in [0.717, 1.165) is 5.69 Å². The van der Waals surface area contributed by atoms with E-state index in [1.165, 1.54) is 14.2 Å². The number of ether oxygens (including phenoxy) is 2. The highest BCUT2D eigenvalue weighted by Crippen LogP contribution is 2.29. The van der Waals surface area contributed by atoms with E-state index < -0.39 is 0 Å². The summed E-state index contributed by atoms with van der Waals surface area (Å²) in [5, 5.41) is 2.88. The molecule has 0 unspecified atom stereocenters. The van der Waals surface area contributed by atoms with Crippen molar-refractivity contribution in [3.8, 4) is 11.5 Å². The summed E-state index contributed by atoms with van der Waals surface area (Å²) in [7, 11) is 3.05. The zero-order chi connectivity index (χ0) is 17.0. The van der Waals surface area contributed by atoms with Gasteiger partial charge in [0.15, 0.2) is 0 Å². The topological polar surface area (TPSA) is 60.5 Å². The van der Waals surface area contributed by atoms with Crippen LogP contribution in [0.3, 0.4) is 0 Å². The number of nitrogens with zero attached hydrogens (tertiary/aromatic N) is 1. The number of carbonyl (C=O) groups is 1. The number of benzene rings is 1. The van der Waals surface area contributed by atoms with E-state index in [0.29, 0.717) is 22.7 Å². The van der Waals surface area contributed by atoms with Crippen molar-refractivity contribution < 1.29 is 14.3 Å². The molecule has 0 saturated heterocycles. The Morgan fingerprint density at radius 3 is 2.22 bits per heavy atom. The number of carbonyl (C=O) groups excluding carboxylic acids is 1. The van der Waals surface area contributed by atoms with Gasteiger partial charge in [-0.05, 0) is 24.3 Å². The summed E-state index contributed by atoms with van der Waals surface area (Å²) in [5.74, 6) is 0.643. The van der Waals surface area contributed by atoms with Crippen LogP contribution in [0.2, 0.25) is 0 Å². The van der Waals surface area contributed by atoms with Crippen molar-refractivity contribution in [2.45, 2.75) is 26.2 Å². The van der Waals surface area contributed by atoms with Gasteiger partial charge in [-0.3, -0.25) is 9.78 Å². The number of rotatable bonds is 4. The van der Waals surface area contributed by atoms with Gasteiger partial charge in [0.25, 0.3) is 5.91 Å². The lowest BCUT2D eigenvalue weighted by atomic mass is 9.91. The third-order valence-corrected chi connectivity index (χ3v) is 3.44. The highest BCUT2D eigenvalue weighted by molar-refractivity contribution is 6.08. The Bertz CT molecular complexity index is 683. The minimum Gasteiger partial charge on any atom is -0.496 e. The molecule has 1 N–H and O–H groups in total. The maximum absolute atomic E-state index is 12.6. The van der Waals surface area contributed by atoms with E-state index in [2.05, 4.69) is 31.1 Å². The van der Waals surface area contributed by atoms with Gasteiger partial charge in [0.2, 0.25) is 0 Å². The highest BCUT2D eigenvalue weighted by Gasteiger charge is 2.20. The van der Waals surface area contributed by atoms with Gasteiger partial charge >= 0.3 is 0 Å². The zero-order valence-electron chi connectivity index (χ0n) is 14.1. The Hall–Kier alpha value is -2.56. The van der Waals surface area contributed by atoms with Crippen LogP contribution in [0.4, 0.5) is 5.69 Å². The molecule has 1 aromatic heterocycles. The van der Waals surface area contributed by atoms with Gasteiger partial charge in [-0.15, -0.1) is 0 Å². The molecule has 0 aliphatic heterocycles. The molecule has 1 heterocycles. The molecule has 0 aliphatic carbocycles. The quantitative estimate of drug-likeness (QED) is 0.936. The number of anilines is 1. The first-order valence-corrected chi connectivity index (χ1v) is 7.35. The van der Waals surface area contributed by atoms with Crippen LogP contribution in [0, 0.1) is 0 Å². The zero-order valence-corrected chi connectivity index (χ0v) is 14.1. The summed E-state index contributed by atoms with van der Waals surface area (Å²) in [6.45, 7) is 6.22. The van der Waals surface area contributed by atoms with Crippen LogP contribution in [-0.2, 0) is 5.41 Å². The van der Waals surface area contributed by atoms with Gasteiger partial charge in [-0.25, -0.2) is 0 Å². The molecule has 5 heteroatoms. The van der Waals surface area contributed by atoms with Crippen LogP contribution < -0.4 is 14.8 Å². The third kappa shape index (κ3) is 3.80. The van der Waals surface area contributed by atoms with Gasteiger partial charge in [-0.1, -0.05) is 26.8 Å². The fourth-order valence-electron chi connectivity index (χ4n) is 2.19. The summed E-state index contributed by atoms with van der Waals surface area (Å²) in [4.78, 5) is 17.0. The van der Waals surface area contributed by atoms with Gasteiger partial charge in [-0.2, -0.15) is 0 Å². The Kier molecular flexibility index (Phi) is 4.89. The van der Waals surface area contributed by atoms with Gasteiger partial charge in [0.05, 0.1) is 14.2 Å². The fourth-order valence-corrected chi connectivity index (χ4v) is 2.19. The summed E-state index contributed by atoms with van der Waals surface area (Å²) in [5.41, 5.74) is 1.86. The van der Waals surface area contributed by atoms with E-state index in [9.17, 15) is 4.79 Å². The molecule has 122 valence electrons. The maximum atomic E-state index is 12.6. The predicted molar refractivity (Wildman–Crippen MR) is 90.4 cm³/mol. The van der Waals surface area contributed by atoms with Crippen molar-refractivity contribution in [2.75, 3.05) is 19.5 Å². The summed E-state index contributed by atoms with van der Waals surface area (Å²) in [6.07, 6.45) is 1.69. The Morgan fingerprint density at radius 2 is 1.70 bits per heavy atom. The molecule has 0 spiro atoms. The average molecular weight is 314 g/mol. The molecule has 0 saturated carbocycles. The molecule has 0 radical (unpaired) electrons. The predicted octanol–water partition coefficient (Wildman–Crippen LogP) is 3.65. The molecule has 5 nitrogen and oxygen atoms in total. The largest absolute Gasteiger partial charge is 0.496 e. The summed E-state index contributed by atoms with van der Waals surface area (Å²) < 4.78 is 10.5. The van der Waals surface area contributed by atoms with Crippen LogP contribution in [0.5, 0.6) is 11.5 Å². The van der Waals surface area contributed by atoms with Crippen molar-refractivity contribution >= 4 is 11.6 Å². The minimum absolute atomic E-state index is 0.0944. The molecular weight excluding hydrogens is 292 g/mol. The lowest BCUT2D eigenvalue weighted by Crippen LogP contribution is -2.17. The molecule has 0 aliphatic rings. The molecule has 0 bridgehead atoms. The highest BCUT2D eigenvalue weighted by atomic mass is 16.5. The molecule has 0 fully saturated rings. The van der Waals surface area contributed by atoms with E-state index in [-0.39, 0.29) is 11.3 Å². The molecule has 1 aromatic carbocycles. The summed E-state index contributed by atoms with van der Waals surface area (Å²) in [6, 6.07) is 8.86. The maximum Gasteiger partial charge on any atom is 0.263 e. The van der Waals surface area contributed by atoms with Crippen LogP contribution in [0.25, 0.3) is 0 Å².